The Morgan fingerprint density at radius 2 is 2.16 bits per heavy atom. The van der Waals surface area contributed by atoms with E-state index in [1.807, 2.05) is 0 Å². The number of halogens is 4. The molecule has 3 rings (SSSR count). The summed E-state index contributed by atoms with van der Waals surface area (Å²) in [5.74, 6) is -1.68. The summed E-state index contributed by atoms with van der Waals surface area (Å²) in [6.45, 7) is 1.28. The lowest BCUT2D eigenvalue weighted by Gasteiger charge is -2.23. The number of rotatable bonds is 3. The van der Waals surface area contributed by atoms with Crippen LogP contribution in [0.2, 0.25) is 0 Å². The number of benzene rings is 1. The fourth-order valence-electron chi connectivity index (χ4n) is 2.71. The molecule has 0 spiro atoms. The number of piperidine rings is 1. The average Bonchev–Trinajstić information content (AvgIpc) is 3.01. The van der Waals surface area contributed by atoms with Gasteiger partial charge >= 0.3 is 6.18 Å². The molecule has 1 aromatic carbocycles. The van der Waals surface area contributed by atoms with Gasteiger partial charge in [-0.1, -0.05) is 11.3 Å². The van der Waals surface area contributed by atoms with Crippen molar-refractivity contribution in [3.63, 3.8) is 0 Å². The molecule has 1 unspecified atom stereocenters. The van der Waals surface area contributed by atoms with E-state index in [1.54, 1.807) is 0 Å². The highest BCUT2D eigenvalue weighted by atomic mass is 19.4. The zero-order valence-corrected chi connectivity index (χ0v) is 13.0. The molecule has 1 aliphatic rings. The van der Waals surface area contributed by atoms with Gasteiger partial charge in [0.2, 0.25) is 0 Å². The van der Waals surface area contributed by atoms with Crippen molar-refractivity contribution in [1.29, 1.82) is 0 Å². The number of aromatic nitrogens is 3. The van der Waals surface area contributed by atoms with E-state index in [-0.39, 0.29) is 11.7 Å². The predicted molar refractivity (Wildman–Crippen MR) is 79.7 cm³/mol. The van der Waals surface area contributed by atoms with Crippen molar-refractivity contribution in [3.8, 4) is 5.69 Å². The van der Waals surface area contributed by atoms with E-state index in [2.05, 4.69) is 20.9 Å². The first-order chi connectivity index (χ1) is 11.9. The van der Waals surface area contributed by atoms with E-state index in [0.29, 0.717) is 17.6 Å². The molecule has 25 heavy (non-hydrogen) atoms. The van der Waals surface area contributed by atoms with Gasteiger partial charge in [0.25, 0.3) is 5.91 Å². The van der Waals surface area contributed by atoms with Gasteiger partial charge in [0.15, 0.2) is 11.4 Å². The van der Waals surface area contributed by atoms with Crippen LogP contribution >= 0.6 is 0 Å². The van der Waals surface area contributed by atoms with Crippen molar-refractivity contribution in [2.24, 2.45) is 0 Å². The first-order valence-corrected chi connectivity index (χ1v) is 7.66. The number of hydrogen-bond acceptors (Lipinski definition) is 4. The topological polar surface area (TPSA) is 71.8 Å². The van der Waals surface area contributed by atoms with Gasteiger partial charge in [-0.05, 0) is 37.6 Å². The molecular weight excluding hydrogens is 342 g/mol. The van der Waals surface area contributed by atoms with Gasteiger partial charge in [0.1, 0.15) is 5.82 Å². The number of alkyl halides is 3. The molecule has 1 atom stereocenters. The minimum Gasteiger partial charge on any atom is -0.347 e. The molecule has 134 valence electrons. The molecule has 2 heterocycles. The van der Waals surface area contributed by atoms with Gasteiger partial charge in [0, 0.05) is 12.6 Å². The van der Waals surface area contributed by atoms with Crippen molar-refractivity contribution >= 4 is 5.91 Å². The minimum absolute atomic E-state index is 0.168. The Bertz CT molecular complexity index is 768. The standard InChI is InChI=1S/C15H15F4N5O/c16-9-3-1-5-11(7-9)24-13(15(17,18)19)12(22-23-24)14(25)21-10-4-2-6-20-8-10/h1,3,5,7,10,20H,2,4,6,8H2,(H,21,25). The Morgan fingerprint density at radius 3 is 2.80 bits per heavy atom. The molecule has 1 aliphatic heterocycles. The van der Waals surface area contributed by atoms with Gasteiger partial charge in [-0.15, -0.1) is 5.10 Å². The maximum atomic E-state index is 13.5. The summed E-state index contributed by atoms with van der Waals surface area (Å²) in [6.07, 6.45) is -3.40. The Kier molecular flexibility index (Phi) is 4.71. The van der Waals surface area contributed by atoms with Gasteiger partial charge in [0.05, 0.1) is 5.69 Å². The quantitative estimate of drug-likeness (QED) is 0.824. The molecule has 0 bridgehead atoms. The monoisotopic (exact) mass is 357 g/mol. The molecule has 0 radical (unpaired) electrons. The summed E-state index contributed by atoms with van der Waals surface area (Å²) >= 11 is 0. The summed E-state index contributed by atoms with van der Waals surface area (Å²) in [5.41, 5.74) is -2.33. The normalized spacial score (nSPS) is 18.2. The number of nitrogens with one attached hydrogen (secondary N) is 2. The van der Waals surface area contributed by atoms with Crippen LogP contribution in [0.25, 0.3) is 5.69 Å². The van der Waals surface area contributed by atoms with E-state index in [1.165, 1.54) is 12.1 Å². The second kappa shape index (κ2) is 6.79. The van der Waals surface area contributed by atoms with Crippen LogP contribution in [0.1, 0.15) is 29.0 Å². The lowest BCUT2D eigenvalue weighted by Crippen LogP contribution is -2.46. The number of hydrogen-bond donors (Lipinski definition) is 2. The van der Waals surface area contributed by atoms with Crippen LogP contribution in [0.5, 0.6) is 0 Å². The molecule has 0 aliphatic carbocycles. The lowest BCUT2D eigenvalue weighted by molar-refractivity contribution is -0.143. The smallest absolute Gasteiger partial charge is 0.347 e. The number of carbonyl (C=O) groups excluding carboxylic acids is 1. The third-order valence-electron chi connectivity index (χ3n) is 3.84. The summed E-state index contributed by atoms with van der Waals surface area (Å²) in [5, 5.41) is 12.4. The first-order valence-electron chi connectivity index (χ1n) is 7.66. The molecule has 6 nitrogen and oxygen atoms in total. The maximum absolute atomic E-state index is 13.5. The lowest BCUT2D eigenvalue weighted by atomic mass is 10.1. The highest BCUT2D eigenvalue weighted by Gasteiger charge is 2.42. The van der Waals surface area contributed by atoms with Gasteiger partial charge in [-0.25, -0.2) is 9.07 Å². The number of amides is 1. The first kappa shape index (κ1) is 17.3. The number of nitrogens with zero attached hydrogens (tertiary/aromatic N) is 3. The summed E-state index contributed by atoms with van der Waals surface area (Å²) in [6, 6.07) is 4.20. The molecule has 2 N–H and O–H groups in total. The summed E-state index contributed by atoms with van der Waals surface area (Å²) in [7, 11) is 0. The molecule has 10 heteroatoms. The van der Waals surface area contributed by atoms with Crippen LogP contribution in [0.15, 0.2) is 24.3 Å². The van der Waals surface area contributed by atoms with Crippen LogP contribution in [0.3, 0.4) is 0 Å². The van der Waals surface area contributed by atoms with Gasteiger partial charge < -0.3 is 10.6 Å². The van der Waals surface area contributed by atoms with Crippen molar-refractivity contribution in [2.75, 3.05) is 13.1 Å². The third-order valence-corrected chi connectivity index (χ3v) is 3.84. The fourth-order valence-corrected chi connectivity index (χ4v) is 2.71. The Hall–Kier alpha value is -2.49. The Morgan fingerprint density at radius 1 is 1.36 bits per heavy atom. The van der Waals surface area contributed by atoms with Crippen LogP contribution in [0, 0.1) is 5.82 Å². The average molecular weight is 357 g/mol. The maximum Gasteiger partial charge on any atom is 0.435 e. The zero-order valence-electron chi connectivity index (χ0n) is 13.0. The van der Waals surface area contributed by atoms with Crippen LogP contribution < -0.4 is 10.6 Å². The van der Waals surface area contributed by atoms with E-state index in [0.717, 1.165) is 25.1 Å². The highest BCUT2D eigenvalue weighted by Crippen LogP contribution is 2.32. The summed E-state index contributed by atoms with van der Waals surface area (Å²) < 4.78 is 54.2. The van der Waals surface area contributed by atoms with Gasteiger partial charge in [-0.2, -0.15) is 13.2 Å². The minimum atomic E-state index is -4.88. The van der Waals surface area contributed by atoms with E-state index >= 15 is 0 Å². The Balaban J connectivity index is 1.95. The van der Waals surface area contributed by atoms with Crippen molar-refractivity contribution < 1.29 is 22.4 Å². The zero-order chi connectivity index (χ0) is 18.0. The third kappa shape index (κ3) is 3.78. The van der Waals surface area contributed by atoms with Crippen LogP contribution in [-0.2, 0) is 6.18 Å². The highest BCUT2D eigenvalue weighted by molar-refractivity contribution is 5.93. The van der Waals surface area contributed by atoms with Crippen molar-refractivity contribution in [3.05, 3.63) is 41.5 Å². The molecule has 1 amide bonds. The fraction of sp³-hybridized carbons (Fsp3) is 0.400. The van der Waals surface area contributed by atoms with Gasteiger partial charge in [-0.3, -0.25) is 4.79 Å². The van der Waals surface area contributed by atoms with Crippen LogP contribution in [0.4, 0.5) is 17.6 Å². The van der Waals surface area contributed by atoms with E-state index < -0.39 is 29.3 Å². The second-order valence-corrected chi connectivity index (χ2v) is 5.69. The van der Waals surface area contributed by atoms with E-state index in [9.17, 15) is 22.4 Å². The summed E-state index contributed by atoms with van der Waals surface area (Å²) in [4.78, 5) is 12.3. The molecule has 0 saturated carbocycles. The predicted octanol–water partition coefficient (Wildman–Crippen LogP) is 1.91. The molecule has 1 aromatic heterocycles. The SMILES string of the molecule is O=C(NC1CCCNC1)c1nnn(-c2cccc(F)c2)c1C(F)(F)F. The molecule has 1 saturated heterocycles. The largest absolute Gasteiger partial charge is 0.435 e. The molecule has 1 fully saturated rings. The van der Waals surface area contributed by atoms with Crippen molar-refractivity contribution in [1.82, 2.24) is 25.6 Å². The van der Waals surface area contributed by atoms with E-state index in [4.69, 9.17) is 0 Å². The molecule has 2 aromatic rings. The second-order valence-electron chi connectivity index (χ2n) is 5.69. The number of carbonyl (C=O) groups is 1. The Labute approximate surface area is 140 Å². The molecular formula is C15H15F4N5O. The van der Waals surface area contributed by atoms with Crippen LogP contribution in [-0.4, -0.2) is 40.0 Å². The van der Waals surface area contributed by atoms with Crippen molar-refractivity contribution in [2.45, 2.75) is 25.1 Å².